The lowest BCUT2D eigenvalue weighted by Crippen LogP contribution is -2.04. The van der Waals surface area contributed by atoms with Crippen LogP contribution >= 0.6 is 11.6 Å². The maximum atomic E-state index is 6.00. The average Bonchev–Trinajstić information content (AvgIpc) is 2.27. The molecule has 0 saturated heterocycles. The van der Waals surface area contributed by atoms with Crippen LogP contribution in [0.3, 0.4) is 0 Å². The van der Waals surface area contributed by atoms with Crippen LogP contribution in [0.1, 0.15) is 0 Å². The van der Waals surface area contributed by atoms with Gasteiger partial charge in [-0.15, -0.1) is 0 Å². The van der Waals surface area contributed by atoms with E-state index < -0.39 is 0 Å². The van der Waals surface area contributed by atoms with E-state index in [9.17, 15) is 0 Å². The zero-order valence-electron chi connectivity index (χ0n) is 9.01. The van der Waals surface area contributed by atoms with E-state index in [0.717, 1.165) is 0 Å². The molecule has 0 aliphatic heterocycles. The molecule has 0 aliphatic carbocycles. The van der Waals surface area contributed by atoms with Crippen molar-refractivity contribution in [2.75, 3.05) is 18.6 Å². The first-order chi connectivity index (χ1) is 8.10. The highest BCUT2D eigenvalue weighted by atomic mass is 35.5. The van der Waals surface area contributed by atoms with E-state index in [2.05, 4.69) is 15.0 Å². The van der Waals surface area contributed by atoms with Crippen molar-refractivity contribution < 1.29 is 4.74 Å². The summed E-state index contributed by atoms with van der Waals surface area (Å²) in [4.78, 5) is 11.6. The van der Waals surface area contributed by atoms with E-state index in [-0.39, 0.29) is 11.9 Å². The van der Waals surface area contributed by atoms with Crippen LogP contribution in [0.5, 0.6) is 5.75 Å². The number of nitrogens with zero attached hydrogens (tertiary/aromatic N) is 3. The summed E-state index contributed by atoms with van der Waals surface area (Å²) in [5, 5.41) is 0.461. The summed E-state index contributed by atoms with van der Waals surface area (Å²) in [5.41, 5.74) is 11.7. The van der Waals surface area contributed by atoms with Crippen LogP contribution in [0.15, 0.2) is 18.2 Å². The standard InChI is InChI=1S/C10H10ClN5O/c1-17-7-3-2-5(4-6(7)11)8-14-9(12)16-10(13)15-8/h2-4H,1H3,(H4,12,13,14,15,16). The molecule has 0 amide bonds. The molecule has 0 radical (unpaired) electrons. The molecule has 7 heteroatoms. The van der Waals surface area contributed by atoms with E-state index in [1.54, 1.807) is 25.3 Å². The Bertz CT molecular complexity index is 540. The monoisotopic (exact) mass is 251 g/mol. The summed E-state index contributed by atoms with van der Waals surface area (Å²) in [6, 6.07) is 5.15. The molecule has 2 aromatic rings. The number of rotatable bonds is 2. The lowest BCUT2D eigenvalue weighted by molar-refractivity contribution is 0.415. The summed E-state index contributed by atoms with van der Waals surface area (Å²) >= 11 is 6.00. The van der Waals surface area contributed by atoms with Crippen LogP contribution in [0.4, 0.5) is 11.9 Å². The molecule has 1 aromatic heterocycles. The van der Waals surface area contributed by atoms with Crippen molar-refractivity contribution in [2.45, 2.75) is 0 Å². The number of benzene rings is 1. The molecular weight excluding hydrogens is 242 g/mol. The third-order valence-corrected chi connectivity index (χ3v) is 2.38. The highest BCUT2D eigenvalue weighted by Crippen LogP contribution is 2.28. The Kier molecular flexibility index (Phi) is 2.97. The van der Waals surface area contributed by atoms with Crippen molar-refractivity contribution in [3.05, 3.63) is 23.2 Å². The predicted octanol–water partition coefficient (Wildman–Crippen LogP) is 1.36. The molecule has 0 atom stereocenters. The molecule has 6 nitrogen and oxygen atoms in total. The van der Waals surface area contributed by atoms with Gasteiger partial charge in [0.2, 0.25) is 11.9 Å². The number of ether oxygens (including phenoxy) is 1. The highest BCUT2D eigenvalue weighted by Gasteiger charge is 2.08. The largest absolute Gasteiger partial charge is 0.495 e. The van der Waals surface area contributed by atoms with Crippen molar-refractivity contribution in [1.82, 2.24) is 15.0 Å². The predicted molar refractivity (Wildman–Crippen MR) is 65.6 cm³/mol. The van der Waals surface area contributed by atoms with Gasteiger partial charge in [0.05, 0.1) is 12.1 Å². The maximum absolute atomic E-state index is 6.00. The van der Waals surface area contributed by atoms with Gasteiger partial charge in [-0.2, -0.15) is 15.0 Å². The number of aromatic nitrogens is 3. The van der Waals surface area contributed by atoms with Crippen molar-refractivity contribution in [3.63, 3.8) is 0 Å². The van der Waals surface area contributed by atoms with Crippen LogP contribution in [0.25, 0.3) is 11.4 Å². The summed E-state index contributed by atoms with van der Waals surface area (Å²) in [6.07, 6.45) is 0. The van der Waals surface area contributed by atoms with Gasteiger partial charge in [-0.3, -0.25) is 0 Å². The topological polar surface area (TPSA) is 99.9 Å². The lowest BCUT2D eigenvalue weighted by Gasteiger charge is -2.05. The minimum atomic E-state index is 0.0689. The third kappa shape index (κ3) is 2.36. The first kappa shape index (κ1) is 11.4. The molecule has 2 rings (SSSR count). The highest BCUT2D eigenvalue weighted by molar-refractivity contribution is 6.32. The molecule has 4 N–H and O–H groups in total. The Morgan fingerprint density at radius 2 is 1.76 bits per heavy atom. The lowest BCUT2D eigenvalue weighted by atomic mass is 10.2. The van der Waals surface area contributed by atoms with E-state index >= 15 is 0 Å². The first-order valence-corrected chi connectivity index (χ1v) is 5.09. The third-order valence-electron chi connectivity index (χ3n) is 2.08. The quantitative estimate of drug-likeness (QED) is 0.836. The molecule has 1 heterocycles. The van der Waals surface area contributed by atoms with Gasteiger partial charge >= 0.3 is 0 Å². The Balaban J connectivity index is 2.49. The molecule has 0 spiro atoms. The molecule has 1 aromatic carbocycles. The van der Waals surface area contributed by atoms with Gasteiger partial charge < -0.3 is 16.2 Å². The normalized spacial score (nSPS) is 10.2. The van der Waals surface area contributed by atoms with Gasteiger partial charge in [0.15, 0.2) is 5.82 Å². The minimum Gasteiger partial charge on any atom is -0.495 e. The number of nitrogens with two attached hydrogens (primary N) is 2. The Labute approximate surface area is 103 Å². The van der Waals surface area contributed by atoms with Crippen molar-refractivity contribution in [1.29, 1.82) is 0 Å². The molecule has 0 saturated carbocycles. The van der Waals surface area contributed by atoms with E-state index in [1.807, 2.05) is 0 Å². The van der Waals surface area contributed by atoms with Gasteiger partial charge in [-0.1, -0.05) is 11.6 Å². The fraction of sp³-hybridized carbons (Fsp3) is 0.100. The number of hydrogen-bond donors (Lipinski definition) is 2. The zero-order chi connectivity index (χ0) is 12.4. The van der Waals surface area contributed by atoms with Crippen molar-refractivity contribution >= 4 is 23.5 Å². The van der Waals surface area contributed by atoms with Crippen molar-refractivity contribution in [2.24, 2.45) is 0 Å². The minimum absolute atomic E-state index is 0.0689. The Hall–Kier alpha value is -2.08. The summed E-state index contributed by atoms with van der Waals surface area (Å²) in [6.45, 7) is 0. The molecule has 17 heavy (non-hydrogen) atoms. The molecule has 88 valence electrons. The molecule has 0 bridgehead atoms. The first-order valence-electron chi connectivity index (χ1n) is 4.71. The molecular formula is C10H10ClN5O. The van der Waals surface area contributed by atoms with Gasteiger partial charge in [0, 0.05) is 5.56 Å². The maximum Gasteiger partial charge on any atom is 0.225 e. The number of hydrogen-bond acceptors (Lipinski definition) is 6. The fourth-order valence-corrected chi connectivity index (χ4v) is 1.60. The number of nitrogen functional groups attached to an aromatic ring is 2. The molecule has 0 unspecified atom stereocenters. The van der Waals surface area contributed by atoms with Crippen LogP contribution in [0.2, 0.25) is 5.02 Å². The second-order valence-electron chi connectivity index (χ2n) is 3.22. The molecule has 0 fully saturated rings. The zero-order valence-corrected chi connectivity index (χ0v) is 9.77. The smallest absolute Gasteiger partial charge is 0.225 e. The fourth-order valence-electron chi connectivity index (χ4n) is 1.34. The Morgan fingerprint density at radius 3 is 2.29 bits per heavy atom. The van der Waals surface area contributed by atoms with E-state index in [4.69, 9.17) is 27.8 Å². The van der Waals surface area contributed by atoms with Crippen LogP contribution < -0.4 is 16.2 Å². The summed E-state index contributed by atoms with van der Waals surface area (Å²) < 4.78 is 5.05. The second kappa shape index (κ2) is 4.42. The van der Waals surface area contributed by atoms with Gasteiger partial charge in [-0.25, -0.2) is 0 Å². The SMILES string of the molecule is COc1ccc(-c2nc(N)nc(N)n2)cc1Cl. The van der Waals surface area contributed by atoms with Crippen LogP contribution in [0, 0.1) is 0 Å². The summed E-state index contributed by atoms with van der Waals surface area (Å²) in [7, 11) is 1.54. The van der Waals surface area contributed by atoms with Crippen molar-refractivity contribution in [3.8, 4) is 17.1 Å². The molecule has 0 aliphatic rings. The van der Waals surface area contributed by atoms with Gasteiger partial charge in [-0.05, 0) is 18.2 Å². The van der Waals surface area contributed by atoms with E-state index in [1.165, 1.54) is 0 Å². The number of halogens is 1. The van der Waals surface area contributed by atoms with Gasteiger partial charge in [0.25, 0.3) is 0 Å². The van der Waals surface area contributed by atoms with Gasteiger partial charge in [0.1, 0.15) is 5.75 Å². The number of anilines is 2. The van der Waals surface area contributed by atoms with E-state index in [0.29, 0.717) is 22.2 Å². The Morgan fingerprint density at radius 1 is 1.12 bits per heavy atom. The average molecular weight is 252 g/mol. The van der Waals surface area contributed by atoms with Crippen LogP contribution in [-0.2, 0) is 0 Å². The van der Waals surface area contributed by atoms with Crippen LogP contribution in [-0.4, -0.2) is 22.1 Å². The summed E-state index contributed by atoms with van der Waals surface area (Å²) in [5.74, 6) is 1.09. The number of methoxy groups -OCH3 is 1. The second-order valence-corrected chi connectivity index (χ2v) is 3.63.